The van der Waals surface area contributed by atoms with Gasteiger partial charge in [0.1, 0.15) is 11.7 Å². The van der Waals surface area contributed by atoms with Crippen LogP contribution in [-0.4, -0.2) is 64.2 Å². The molecule has 1 aliphatic heterocycles. The van der Waals surface area contributed by atoms with Crippen molar-refractivity contribution in [2.75, 3.05) is 39.1 Å². The van der Waals surface area contributed by atoms with Gasteiger partial charge < -0.3 is 15.5 Å². The van der Waals surface area contributed by atoms with E-state index in [0.29, 0.717) is 36.5 Å². The van der Waals surface area contributed by atoms with Gasteiger partial charge in [0.05, 0.1) is 11.4 Å². The Balaban J connectivity index is 0.00000408. The van der Waals surface area contributed by atoms with Gasteiger partial charge in [0.25, 0.3) is 0 Å². The summed E-state index contributed by atoms with van der Waals surface area (Å²) in [6, 6.07) is 11.4. The van der Waals surface area contributed by atoms with Crippen molar-refractivity contribution in [2.45, 2.75) is 31.6 Å². The number of amidine groups is 1. The van der Waals surface area contributed by atoms with Crippen molar-refractivity contribution in [3.63, 3.8) is 0 Å². The van der Waals surface area contributed by atoms with Gasteiger partial charge in [0.2, 0.25) is 5.91 Å². The summed E-state index contributed by atoms with van der Waals surface area (Å²) in [4.78, 5) is 18.8. The minimum atomic E-state index is -3.49. The standard InChI is InChI=1S/C24H31ClN4O3S.ClH/c1-17-15-22(18(2)14-21(17)25)33(31,32)16-26-12-13-29(3)23(30)9-6-19-4-7-20(8-5-19)24-27-10-11-28-24;/h4-5,7-8,14-15,26H,6,9-13,16H2,1-3H3,(H,27,28);1H. The van der Waals surface area contributed by atoms with Gasteiger partial charge in [-0.2, -0.15) is 0 Å². The van der Waals surface area contributed by atoms with Gasteiger partial charge in [-0.1, -0.05) is 35.9 Å². The Morgan fingerprint density at radius 3 is 2.53 bits per heavy atom. The minimum Gasteiger partial charge on any atom is -0.368 e. The smallest absolute Gasteiger partial charge is 0.222 e. The number of benzene rings is 2. The lowest BCUT2D eigenvalue weighted by atomic mass is 10.1. The van der Waals surface area contributed by atoms with Crippen LogP contribution in [0.25, 0.3) is 0 Å². The first kappa shape index (κ1) is 28.1. The van der Waals surface area contributed by atoms with Crippen LogP contribution in [0.1, 0.15) is 28.7 Å². The van der Waals surface area contributed by atoms with E-state index in [4.69, 9.17) is 11.6 Å². The van der Waals surface area contributed by atoms with Crippen LogP contribution < -0.4 is 10.6 Å². The molecule has 186 valence electrons. The van der Waals surface area contributed by atoms with E-state index < -0.39 is 9.84 Å². The Kier molecular flexibility index (Phi) is 10.4. The molecule has 0 bridgehead atoms. The molecule has 0 radical (unpaired) electrons. The van der Waals surface area contributed by atoms with Gasteiger partial charge in [-0.05, 0) is 49.1 Å². The number of hydrogen-bond acceptors (Lipinski definition) is 6. The summed E-state index contributed by atoms with van der Waals surface area (Å²) in [5.74, 6) is 0.756. The van der Waals surface area contributed by atoms with Gasteiger partial charge in [-0.25, -0.2) is 8.42 Å². The predicted molar refractivity (Wildman–Crippen MR) is 140 cm³/mol. The summed E-state index contributed by atoms with van der Waals surface area (Å²) in [6.07, 6.45) is 1.05. The van der Waals surface area contributed by atoms with Crippen LogP contribution in [0.4, 0.5) is 0 Å². The van der Waals surface area contributed by atoms with E-state index in [1.807, 2.05) is 24.3 Å². The van der Waals surface area contributed by atoms with E-state index in [-0.39, 0.29) is 29.1 Å². The molecule has 0 atom stereocenters. The zero-order valence-corrected chi connectivity index (χ0v) is 22.1. The van der Waals surface area contributed by atoms with Gasteiger partial charge in [-0.3, -0.25) is 9.79 Å². The van der Waals surface area contributed by atoms with Crippen molar-refractivity contribution >= 4 is 45.6 Å². The van der Waals surface area contributed by atoms with Crippen LogP contribution in [0.5, 0.6) is 0 Å². The molecule has 0 unspecified atom stereocenters. The first-order valence-electron chi connectivity index (χ1n) is 11.0. The molecule has 0 saturated carbocycles. The van der Waals surface area contributed by atoms with Crippen LogP contribution >= 0.6 is 24.0 Å². The fourth-order valence-corrected chi connectivity index (χ4v) is 5.30. The van der Waals surface area contributed by atoms with Crippen molar-refractivity contribution in [1.82, 2.24) is 15.5 Å². The fraction of sp³-hybridized carbons (Fsp3) is 0.417. The van der Waals surface area contributed by atoms with E-state index in [9.17, 15) is 13.2 Å². The van der Waals surface area contributed by atoms with Gasteiger partial charge >= 0.3 is 0 Å². The maximum atomic E-state index is 12.7. The lowest BCUT2D eigenvalue weighted by Crippen LogP contribution is -2.35. The summed E-state index contributed by atoms with van der Waals surface area (Å²) in [6.45, 7) is 6.01. The Bertz CT molecular complexity index is 1140. The second kappa shape index (κ2) is 12.5. The molecule has 3 rings (SSSR count). The normalized spacial score (nSPS) is 13.1. The number of hydrogen-bond donors (Lipinski definition) is 2. The molecule has 2 aromatic rings. The molecule has 0 saturated heterocycles. The molecule has 1 aliphatic rings. The molecule has 10 heteroatoms. The molecule has 34 heavy (non-hydrogen) atoms. The number of amides is 1. The average molecular weight is 528 g/mol. The Labute approximate surface area is 213 Å². The fourth-order valence-electron chi connectivity index (χ4n) is 3.61. The second-order valence-corrected chi connectivity index (χ2v) is 10.7. The summed E-state index contributed by atoms with van der Waals surface area (Å²) in [5, 5.41) is 6.75. The highest BCUT2D eigenvalue weighted by Gasteiger charge is 2.18. The highest BCUT2D eigenvalue weighted by Crippen LogP contribution is 2.24. The summed E-state index contributed by atoms with van der Waals surface area (Å²) < 4.78 is 25.3. The third-order valence-electron chi connectivity index (χ3n) is 5.66. The van der Waals surface area contributed by atoms with Crippen LogP contribution in [0.15, 0.2) is 46.3 Å². The summed E-state index contributed by atoms with van der Waals surface area (Å²) in [5.41, 5.74) is 3.51. The number of rotatable bonds is 10. The first-order chi connectivity index (χ1) is 15.7. The third kappa shape index (κ3) is 7.43. The Morgan fingerprint density at radius 1 is 1.18 bits per heavy atom. The molecule has 1 amide bonds. The monoisotopic (exact) mass is 526 g/mol. The molecule has 2 N–H and O–H groups in total. The van der Waals surface area contributed by atoms with E-state index in [2.05, 4.69) is 15.6 Å². The highest BCUT2D eigenvalue weighted by atomic mass is 35.5. The lowest BCUT2D eigenvalue weighted by molar-refractivity contribution is -0.129. The van der Waals surface area contributed by atoms with E-state index in [1.54, 1.807) is 37.9 Å². The van der Waals surface area contributed by atoms with Crippen LogP contribution in [0, 0.1) is 13.8 Å². The van der Waals surface area contributed by atoms with Crippen LogP contribution in [0.3, 0.4) is 0 Å². The molecular weight excluding hydrogens is 495 g/mol. The molecule has 0 spiro atoms. The maximum Gasteiger partial charge on any atom is 0.222 e. The summed E-state index contributed by atoms with van der Waals surface area (Å²) >= 11 is 6.07. The molecule has 0 aliphatic carbocycles. The molecule has 2 aromatic carbocycles. The number of likely N-dealkylation sites (N-methyl/N-ethyl adjacent to an activating group) is 1. The number of aliphatic imine (C=N–C) groups is 1. The Hall–Kier alpha value is -2.13. The second-order valence-electron chi connectivity index (χ2n) is 8.30. The maximum absolute atomic E-state index is 12.7. The van der Waals surface area contributed by atoms with Crippen LogP contribution in [-0.2, 0) is 21.1 Å². The number of carbonyl (C=O) groups excluding carboxylic acids is 1. The van der Waals surface area contributed by atoms with E-state index in [0.717, 1.165) is 35.6 Å². The molecule has 0 aromatic heterocycles. The van der Waals surface area contributed by atoms with Crippen molar-refractivity contribution in [3.05, 3.63) is 63.7 Å². The van der Waals surface area contributed by atoms with Gasteiger partial charge in [0.15, 0.2) is 9.84 Å². The average Bonchev–Trinajstić information content (AvgIpc) is 3.32. The van der Waals surface area contributed by atoms with Crippen LogP contribution in [0.2, 0.25) is 5.02 Å². The number of nitrogens with one attached hydrogen (secondary N) is 2. The third-order valence-corrected chi connectivity index (χ3v) is 7.76. The van der Waals surface area contributed by atoms with Crippen molar-refractivity contribution in [3.8, 4) is 0 Å². The lowest BCUT2D eigenvalue weighted by Gasteiger charge is -2.18. The SMILES string of the molecule is Cc1cc(S(=O)(=O)CNCCN(C)C(=O)CCc2ccc(C3=NCCN3)cc2)c(C)cc1Cl.Cl. The number of aryl methyl sites for hydroxylation is 3. The largest absolute Gasteiger partial charge is 0.368 e. The molecule has 7 nitrogen and oxygen atoms in total. The topological polar surface area (TPSA) is 90.9 Å². The molecule has 1 heterocycles. The number of sulfone groups is 1. The van der Waals surface area contributed by atoms with E-state index in [1.165, 1.54) is 0 Å². The molecule has 0 fully saturated rings. The van der Waals surface area contributed by atoms with Gasteiger partial charge in [0, 0.05) is 43.7 Å². The molecular formula is C24H32Cl2N4O3S. The van der Waals surface area contributed by atoms with Crippen molar-refractivity contribution in [2.24, 2.45) is 4.99 Å². The zero-order valence-electron chi connectivity index (χ0n) is 19.7. The first-order valence-corrected chi connectivity index (χ1v) is 13.0. The Morgan fingerprint density at radius 2 is 1.88 bits per heavy atom. The van der Waals surface area contributed by atoms with Gasteiger partial charge in [-0.15, -0.1) is 12.4 Å². The summed E-state index contributed by atoms with van der Waals surface area (Å²) in [7, 11) is -1.76. The highest BCUT2D eigenvalue weighted by molar-refractivity contribution is 7.91. The predicted octanol–water partition coefficient (Wildman–Crippen LogP) is 3.14. The number of halogens is 2. The van der Waals surface area contributed by atoms with E-state index >= 15 is 0 Å². The number of nitrogens with zero attached hydrogens (tertiary/aromatic N) is 2. The number of carbonyl (C=O) groups is 1. The minimum absolute atomic E-state index is 0. The zero-order chi connectivity index (χ0) is 24.0. The van der Waals surface area contributed by atoms with Crippen molar-refractivity contribution in [1.29, 1.82) is 0 Å². The quantitative estimate of drug-likeness (QED) is 0.464. The van der Waals surface area contributed by atoms with Crippen molar-refractivity contribution < 1.29 is 13.2 Å².